The van der Waals surface area contributed by atoms with E-state index in [0.29, 0.717) is 0 Å². The van der Waals surface area contributed by atoms with Gasteiger partial charge in [-0.15, -0.1) is 0 Å². The molecule has 0 saturated heterocycles. The van der Waals surface area contributed by atoms with Gasteiger partial charge in [-0.1, -0.05) is 60.7 Å². The average Bonchev–Trinajstić information content (AvgIpc) is 3.29. The first-order valence-corrected chi connectivity index (χ1v) is 11.2. The van der Waals surface area contributed by atoms with Gasteiger partial charge in [-0.25, -0.2) is 9.13 Å². The lowest BCUT2D eigenvalue weighted by molar-refractivity contribution is -0.670. The van der Waals surface area contributed by atoms with Crippen molar-refractivity contribution in [3.05, 3.63) is 102 Å². The quantitative estimate of drug-likeness (QED) is 0.246. The highest BCUT2D eigenvalue weighted by molar-refractivity contribution is 6.10. The second-order valence-corrected chi connectivity index (χ2v) is 8.69. The van der Waals surface area contributed by atoms with E-state index in [4.69, 9.17) is 0 Å². The molecule has 2 aromatic heterocycles. The predicted molar refractivity (Wildman–Crippen MR) is 126 cm³/mol. The van der Waals surface area contributed by atoms with Crippen LogP contribution in [0.5, 0.6) is 0 Å². The summed E-state index contributed by atoms with van der Waals surface area (Å²) >= 11 is 0. The van der Waals surface area contributed by atoms with Crippen molar-refractivity contribution in [2.24, 2.45) is 0 Å². The Hall–Kier alpha value is -3.59. The Bertz CT molecular complexity index is 1450. The Labute approximate surface area is 181 Å². The van der Waals surface area contributed by atoms with Crippen molar-refractivity contribution < 1.29 is 4.57 Å². The molecule has 3 nitrogen and oxygen atoms in total. The zero-order valence-corrected chi connectivity index (χ0v) is 17.5. The molecule has 0 amide bonds. The first-order valence-electron chi connectivity index (χ1n) is 11.2. The fraction of sp³-hybridized carbons (Fsp3) is 0.179. The smallest absolute Gasteiger partial charge is 0.278 e. The summed E-state index contributed by atoms with van der Waals surface area (Å²) in [4.78, 5) is 0. The lowest BCUT2D eigenvalue weighted by Gasteiger charge is -2.14. The zero-order chi connectivity index (χ0) is 20.4. The van der Waals surface area contributed by atoms with E-state index in [-0.39, 0.29) is 0 Å². The second kappa shape index (κ2) is 6.45. The van der Waals surface area contributed by atoms with Crippen molar-refractivity contribution in [2.75, 3.05) is 0 Å². The molecule has 0 N–H and O–H groups in total. The van der Waals surface area contributed by atoms with Gasteiger partial charge in [-0.3, -0.25) is 0 Å². The number of para-hydroxylation sites is 4. The number of benzene rings is 3. The van der Waals surface area contributed by atoms with Gasteiger partial charge in [0, 0.05) is 10.8 Å². The Morgan fingerprint density at radius 3 is 2.13 bits per heavy atom. The fourth-order valence-electron chi connectivity index (χ4n) is 5.70. The van der Waals surface area contributed by atoms with Crippen molar-refractivity contribution in [1.82, 2.24) is 9.13 Å². The minimum Gasteiger partial charge on any atom is -0.328 e. The number of imidazole rings is 1. The molecule has 2 aliphatic heterocycles. The first kappa shape index (κ1) is 17.1. The van der Waals surface area contributed by atoms with Gasteiger partial charge in [-0.05, 0) is 48.3 Å². The number of rotatable bonds is 0. The van der Waals surface area contributed by atoms with E-state index in [1.165, 1.54) is 49.8 Å². The zero-order valence-electron chi connectivity index (χ0n) is 17.5. The van der Waals surface area contributed by atoms with E-state index in [2.05, 4.69) is 98.7 Å². The minimum atomic E-state index is 0.879. The van der Waals surface area contributed by atoms with Gasteiger partial charge in [0.05, 0.1) is 11.0 Å². The van der Waals surface area contributed by atoms with Crippen LogP contribution >= 0.6 is 0 Å². The second-order valence-electron chi connectivity index (χ2n) is 8.69. The van der Waals surface area contributed by atoms with E-state index in [0.717, 1.165) is 32.5 Å². The molecule has 7 rings (SSSR count). The number of allylic oxidation sites excluding steroid dienone is 4. The standard InChI is InChI=1S/C28H24N3/c1-2-16-25-24(15-1)29-17-5-3-9-20-11-7-13-22-23-14-8-12-21-10-4-6-18-30(25)26(29)19-31(27(20)22)28(21)23/h1-8,11-16H,9-10,17-19H2/q+1/b5-3+,6-4+. The SMILES string of the molecule is C1=C/Cn2c3[n+](c4ccccc42)C/C=C/Cc2cccc4c5cccc(c5n(c24)C3)C/1. The van der Waals surface area contributed by atoms with Crippen LogP contribution in [0.4, 0.5) is 0 Å². The minimum absolute atomic E-state index is 0.879. The van der Waals surface area contributed by atoms with Crippen LogP contribution in [0.1, 0.15) is 17.0 Å². The summed E-state index contributed by atoms with van der Waals surface area (Å²) in [5.41, 5.74) is 8.25. The van der Waals surface area contributed by atoms with Crippen molar-refractivity contribution >= 4 is 32.8 Å². The highest BCUT2D eigenvalue weighted by Crippen LogP contribution is 2.35. The third-order valence-electron chi connectivity index (χ3n) is 7.04. The number of hydrogen-bond donors (Lipinski definition) is 0. The Kier molecular flexibility index (Phi) is 3.56. The van der Waals surface area contributed by atoms with Crippen LogP contribution in [0.25, 0.3) is 32.8 Å². The van der Waals surface area contributed by atoms with Gasteiger partial charge in [0.2, 0.25) is 0 Å². The average molecular weight is 403 g/mol. The Morgan fingerprint density at radius 2 is 1.35 bits per heavy atom. The largest absolute Gasteiger partial charge is 0.328 e. The molecule has 0 saturated carbocycles. The summed E-state index contributed by atoms with van der Waals surface area (Å²) in [5, 5.41) is 2.75. The van der Waals surface area contributed by atoms with E-state index in [9.17, 15) is 0 Å². The molecular formula is C28H24N3+. The van der Waals surface area contributed by atoms with Crippen molar-refractivity contribution in [3.63, 3.8) is 0 Å². The van der Waals surface area contributed by atoms with E-state index in [1.54, 1.807) is 0 Å². The molecule has 0 atom stereocenters. The lowest BCUT2D eigenvalue weighted by atomic mass is 10.0. The lowest BCUT2D eigenvalue weighted by Crippen LogP contribution is -2.38. The molecule has 0 fully saturated rings. The number of nitrogens with zero attached hydrogens (tertiary/aromatic N) is 3. The van der Waals surface area contributed by atoms with Gasteiger partial charge >= 0.3 is 0 Å². The summed E-state index contributed by atoms with van der Waals surface area (Å²) in [7, 11) is 0. The third-order valence-corrected chi connectivity index (χ3v) is 7.04. The van der Waals surface area contributed by atoms with Crippen molar-refractivity contribution in [1.29, 1.82) is 0 Å². The molecule has 5 aromatic rings. The topological polar surface area (TPSA) is 13.7 Å². The molecule has 31 heavy (non-hydrogen) atoms. The monoisotopic (exact) mass is 402 g/mol. The summed E-state index contributed by atoms with van der Waals surface area (Å²) < 4.78 is 7.62. The Morgan fingerprint density at radius 1 is 0.645 bits per heavy atom. The highest BCUT2D eigenvalue weighted by Gasteiger charge is 2.27. The maximum absolute atomic E-state index is 2.61. The summed E-state index contributed by atoms with van der Waals surface area (Å²) in [6.45, 7) is 2.69. The van der Waals surface area contributed by atoms with Crippen molar-refractivity contribution in [2.45, 2.75) is 32.5 Å². The molecule has 3 heteroatoms. The van der Waals surface area contributed by atoms with Crippen LogP contribution in [0.15, 0.2) is 85.0 Å². The fourth-order valence-corrected chi connectivity index (χ4v) is 5.70. The molecular weight excluding hydrogens is 378 g/mol. The van der Waals surface area contributed by atoms with Crippen LogP contribution in [0.3, 0.4) is 0 Å². The number of fused-ring (bicyclic) bond motifs is 4. The molecule has 0 unspecified atom stereocenters. The first-order chi connectivity index (χ1) is 15.4. The molecule has 2 bridgehead atoms. The molecule has 2 aliphatic rings. The molecule has 3 aromatic carbocycles. The van der Waals surface area contributed by atoms with Crippen LogP contribution in [0, 0.1) is 0 Å². The maximum Gasteiger partial charge on any atom is 0.278 e. The van der Waals surface area contributed by atoms with Crippen LogP contribution < -0.4 is 4.57 Å². The molecule has 0 spiro atoms. The van der Waals surface area contributed by atoms with Gasteiger partial charge in [0.1, 0.15) is 19.6 Å². The molecule has 4 heterocycles. The number of hydrogen-bond acceptors (Lipinski definition) is 0. The Balaban J connectivity index is 1.69. The molecule has 150 valence electrons. The molecule has 0 radical (unpaired) electrons. The van der Waals surface area contributed by atoms with Gasteiger partial charge < -0.3 is 4.57 Å². The van der Waals surface area contributed by atoms with Crippen LogP contribution in [-0.4, -0.2) is 9.13 Å². The summed E-state index contributed by atoms with van der Waals surface area (Å²) in [6, 6.07) is 22.5. The maximum atomic E-state index is 2.61. The van der Waals surface area contributed by atoms with Crippen LogP contribution in [-0.2, 0) is 32.5 Å². The predicted octanol–water partition coefficient (Wildman–Crippen LogP) is 5.31. The van der Waals surface area contributed by atoms with E-state index in [1.807, 2.05) is 0 Å². The number of aromatic nitrogens is 3. The van der Waals surface area contributed by atoms with Gasteiger partial charge in [0.25, 0.3) is 5.82 Å². The van der Waals surface area contributed by atoms with Crippen LogP contribution in [0.2, 0.25) is 0 Å². The van der Waals surface area contributed by atoms with E-state index >= 15 is 0 Å². The summed E-state index contributed by atoms with van der Waals surface area (Å²) in [5.74, 6) is 1.36. The van der Waals surface area contributed by atoms with Crippen molar-refractivity contribution in [3.8, 4) is 0 Å². The van der Waals surface area contributed by atoms with Gasteiger partial charge in [0.15, 0.2) is 11.0 Å². The van der Waals surface area contributed by atoms with Gasteiger partial charge in [-0.2, -0.15) is 0 Å². The third kappa shape index (κ3) is 2.37. The normalized spacial score (nSPS) is 17.5. The summed E-state index contributed by atoms with van der Waals surface area (Å²) in [6.07, 6.45) is 11.3. The van der Waals surface area contributed by atoms with E-state index < -0.39 is 0 Å². The highest BCUT2D eigenvalue weighted by atomic mass is 15.2. The molecule has 0 aliphatic carbocycles.